The highest BCUT2D eigenvalue weighted by Crippen LogP contribution is 2.18. The number of aryl methyl sites for hydroxylation is 1. The van der Waals surface area contributed by atoms with Gasteiger partial charge in [-0.1, -0.05) is 12.1 Å². The highest BCUT2D eigenvalue weighted by atomic mass is 35.5. The van der Waals surface area contributed by atoms with E-state index in [0.717, 1.165) is 5.56 Å². The summed E-state index contributed by atoms with van der Waals surface area (Å²) in [5.41, 5.74) is 7.11. The van der Waals surface area contributed by atoms with Crippen molar-refractivity contribution in [1.82, 2.24) is 0 Å². The Hall–Kier alpha value is -0.600. The van der Waals surface area contributed by atoms with Crippen LogP contribution < -0.4 is 5.73 Å². The lowest BCUT2D eigenvalue weighted by Gasteiger charge is -2.09. The molecule has 1 aromatic rings. The number of hydrogen-bond donors (Lipinski definition) is 1. The highest BCUT2D eigenvalue weighted by molar-refractivity contribution is 5.85. The van der Waals surface area contributed by atoms with Gasteiger partial charge >= 0.3 is 0 Å². The van der Waals surface area contributed by atoms with Gasteiger partial charge < -0.3 is 5.73 Å². The molecule has 1 nitrogen and oxygen atoms in total. The molecule has 0 amide bonds. The SMILES string of the molecule is Cc1cccc(F)c1C(C)N.Cl. The predicted octanol–water partition coefficient (Wildman–Crippen LogP) is 2.58. The maximum absolute atomic E-state index is 13.0. The van der Waals surface area contributed by atoms with Gasteiger partial charge in [-0.2, -0.15) is 0 Å². The third kappa shape index (κ3) is 2.19. The summed E-state index contributed by atoms with van der Waals surface area (Å²) in [6, 6.07) is 4.76. The lowest BCUT2D eigenvalue weighted by atomic mass is 10.0. The number of hydrogen-bond acceptors (Lipinski definition) is 1. The fraction of sp³-hybridized carbons (Fsp3) is 0.333. The van der Waals surface area contributed by atoms with Gasteiger partial charge in [0.05, 0.1) is 0 Å². The van der Waals surface area contributed by atoms with E-state index >= 15 is 0 Å². The number of benzene rings is 1. The normalized spacial score (nSPS) is 12.0. The quantitative estimate of drug-likeness (QED) is 0.722. The standard InChI is InChI=1S/C9H12FN.ClH/c1-6-4-3-5-8(10)9(6)7(2)11;/h3-5,7H,11H2,1-2H3;1H. The molecule has 3 heteroatoms. The van der Waals surface area contributed by atoms with Crippen molar-refractivity contribution in [3.05, 3.63) is 35.1 Å². The van der Waals surface area contributed by atoms with Gasteiger partial charge in [0.25, 0.3) is 0 Å². The molecular weight excluding hydrogens is 177 g/mol. The Labute approximate surface area is 78.2 Å². The van der Waals surface area contributed by atoms with Crippen molar-refractivity contribution >= 4 is 12.4 Å². The molecule has 0 aliphatic heterocycles. The molecule has 68 valence electrons. The fourth-order valence-electron chi connectivity index (χ4n) is 1.22. The van der Waals surface area contributed by atoms with Gasteiger partial charge in [-0.15, -0.1) is 12.4 Å². The fourth-order valence-corrected chi connectivity index (χ4v) is 1.22. The minimum atomic E-state index is -0.226. The zero-order chi connectivity index (χ0) is 8.43. The van der Waals surface area contributed by atoms with Gasteiger partial charge in [-0.05, 0) is 25.5 Å². The van der Waals surface area contributed by atoms with E-state index in [1.54, 1.807) is 13.0 Å². The first-order chi connectivity index (χ1) is 5.13. The molecule has 0 fully saturated rings. The number of nitrogens with two attached hydrogens (primary N) is 1. The highest BCUT2D eigenvalue weighted by Gasteiger charge is 2.08. The molecular formula is C9H13ClFN. The lowest BCUT2D eigenvalue weighted by Crippen LogP contribution is -2.09. The van der Waals surface area contributed by atoms with Gasteiger partial charge in [-0.25, -0.2) is 4.39 Å². The summed E-state index contributed by atoms with van der Waals surface area (Å²) in [5, 5.41) is 0. The number of rotatable bonds is 1. The summed E-state index contributed by atoms with van der Waals surface area (Å²) in [5.74, 6) is -0.208. The molecule has 0 saturated heterocycles. The molecule has 0 radical (unpaired) electrons. The average molecular weight is 190 g/mol. The van der Waals surface area contributed by atoms with Crippen molar-refractivity contribution in [2.24, 2.45) is 5.73 Å². The summed E-state index contributed by atoms with van der Waals surface area (Å²) in [6.07, 6.45) is 0. The molecule has 0 bridgehead atoms. The smallest absolute Gasteiger partial charge is 0.128 e. The van der Waals surface area contributed by atoms with Gasteiger partial charge in [0, 0.05) is 11.6 Å². The topological polar surface area (TPSA) is 26.0 Å². The monoisotopic (exact) mass is 189 g/mol. The van der Waals surface area contributed by atoms with Crippen LogP contribution in [0, 0.1) is 12.7 Å². The molecule has 0 aliphatic carbocycles. The molecule has 0 heterocycles. The van der Waals surface area contributed by atoms with Crippen LogP contribution in [-0.4, -0.2) is 0 Å². The van der Waals surface area contributed by atoms with Crippen LogP contribution in [-0.2, 0) is 0 Å². The van der Waals surface area contributed by atoms with Crippen molar-refractivity contribution in [3.63, 3.8) is 0 Å². The zero-order valence-corrected chi connectivity index (χ0v) is 7.99. The third-order valence-corrected chi connectivity index (χ3v) is 1.73. The van der Waals surface area contributed by atoms with E-state index in [1.807, 2.05) is 13.0 Å². The van der Waals surface area contributed by atoms with Crippen molar-refractivity contribution in [2.75, 3.05) is 0 Å². The summed E-state index contributed by atoms with van der Waals surface area (Å²) in [4.78, 5) is 0. The molecule has 0 saturated carbocycles. The van der Waals surface area contributed by atoms with Crippen LogP contribution >= 0.6 is 12.4 Å². The molecule has 1 unspecified atom stereocenters. The van der Waals surface area contributed by atoms with Crippen molar-refractivity contribution in [2.45, 2.75) is 19.9 Å². The summed E-state index contributed by atoms with van der Waals surface area (Å²) >= 11 is 0. The summed E-state index contributed by atoms with van der Waals surface area (Å²) in [6.45, 7) is 3.65. The molecule has 1 rings (SSSR count). The van der Waals surface area contributed by atoms with Crippen LogP contribution in [0.4, 0.5) is 4.39 Å². The first-order valence-electron chi connectivity index (χ1n) is 3.63. The Morgan fingerprint density at radius 2 is 2.00 bits per heavy atom. The Kier molecular flexibility index (Phi) is 4.21. The largest absolute Gasteiger partial charge is 0.324 e. The van der Waals surface area contributed by atoms with Crippen molar-refractivity contribution in [1.29, 1.82) is 0 Å². The zero-order valence-electron chi connectivity index (χ0n) is 7.17. The van der Waals surface area contributed by atoms with Crippen molar-refractivity contribution in [3.8, 4) is 0 Å². The minimum Gasteiger partial charge on any atom is -0.324 e. The van der Waals surface area contributed by atoms with Crippen LogP contribution in [0.3, 0.4) is 0 Å². The second-order valence-corrected chi connectivity index (χ2v) is 2.76. The van der Waals surface area contributed by atoms with Crippen LogP contribution in [0.2, 0.25) is 0 Å². The van der Waals surface area contributed by atoms with Gasteiger partial charge in [0.15, 0.2) is 0 Å². The Bertz CT molecular complexity index is 240. The summed E-state index contributed by atoms with van der Waals surface area (Å²) in [7, 11) is 0. The first kappa shape index (κ1) is 11.4. The summed E-state index contributed by atoms with van der Waals surface area (Å²) < 4.78 is 13.0. The van der Waals surface area contributed by atoms with E-state index in [0.29, 0.717) is 5.56 Å². The predicted molar refractivity (Wildman–Crippen MR) is 51.0 cm³/mol. The van der Waals surface area contributed by atoms with Crippen LogP contribution in [0.25, 0.3) is 0 Å². The molecule has 0 aromatic heterocycles. The molecule has 1 aromatic carbocycles. The minimum absolute atomic E-state index is 0. The Morgan fingerprint density at radius 1 is 1.42 bits per heavy atom. The van der Waals surface area contributed by atoms with Gasteiger partial charge in [-0.3, -0.25) is 0 Å². The van der Waals surface area contributed by atoms with E-state index < -0.39 is 0 Å². The number of halogens is 2. The molecule has 2 N–H and O–H groups in total. The average Bonchev–Trinajstić information content (AvgIpc) is 1.85. The van der Waals surface area contributed by atoms with Gasteiger partial charge in [0.2, 0.25) is 0 Å². The van der Waals surface area contributed by atoms with E-state index in [2.05, 4.69) is 0 Å². The second-order valence-electron chi connectivity index (χ2n) is 2.76. The van der Waals surface area contributed by atoms with Gasteiger partial charge in [0.1, 0.15) is 5.82 Å². The lowest BCUT2D eigenvalue weighted by molar-refractivity contribution is 0.591. The van der Waals surface area contributed by atoms with E-state index in [9.17, 15) is 4.39 Å². The maximum atomic E-state index is 13.0. The van der Waals surface area contributed by atoms with Crippen LogP contribution in [0.1, 0.15) is 24.1 Å². The molecule has 1 atom stereocenters. The molecule has 12 heavy (non-hydrogen) atoms. The third-order valence-electron chi connectivity index (χ3n) is 1.73. The molecule has 0 aliphatic rings. The van der Waals surface area contributed by atoms with Crippen molar-refractivity contribution < 1.29 is 4.39 Å². The van der Waals surface area contributed by atoms with Crippen LogP contribution in [0.5, 0.6) is 0 Å². The maximum Gasteiger partial charge on any atom is 0.128 e. The molecule has 0 spiro atoms. The van der Waals surface area contributed by atoms with E-state index in [-0.39, 0.29) is 24.3 Å². The Morgan fingerprint density at radius 3 is 2.33 bits per heavy atom. The van der Waals surface area contributed by atoms with E-state index in [1.165, 1.54) is 6.07 Å². The second kappa shape index (κ2) is 4.43. The Balaban J connectivity index is 0.00000121. The first-order valence-corrected chi connectivity index (χ1v) is 3.63. The van der Waals surface area contributed by atoms with E-state index in [4.69, 9.17) is 5.73 Å². The van der Waals surface area contributed by atoms with Crippen LogP contribution in [0.15, 0.2) is 18.2 Å².